The summed E-state index contributed by atoms with van der Waals surface area (Å²) >= 11 is 0. The van der Waals surface area contributed by atoms with E-state index in [1.165, 1.54) is 0 Å². The van der Waals surface area contributed by atoms with Gasteiger partial charge >= 0.3 is 0 Å². The topological polar surface area (TPSA) is 164 Å². The normalized spacial score (nSPS) is 10.5. The number of aromatic amines is 2. The van der Waals surface area contributed by atoms with Crippen LogP contribution in [0, 0.1) is 0 Å². The third kappa shape index (κ3) is 3.18. The number of fused-ring (bicyclic) bond motifs is 2. The number of pyridine rings is 1. The van der Waals surface area contributed by atoms with Crippen LogP contribution in [0.25, 0.3) is 32.9 Å². The number of aromatic nitrogens is 4. The summed E-state index contributed by atoms with van der Waals surface area (Å²) in [6.45, 7) is 1.08. The third-order valence-electron chi connectivity index (χ3n) is 3.71. The summed E-state index contributed by atoms with van der Waals surface area (Å²) in [6, 6.07) is 5.50. The quantitative estimate of drug-likeness (QED) is 0.369. The van der Waals surface area contributed by atoms with Gasteiger partial charge in [-0.1, -0.05) is 0 Å². The molecule has 1 amide bonds. The van der Waals surface area contributed by atoms with Crippen molar-refractivity contribution >= 4 is 39.5 Å². The minimum absolute atomic E-state index is 0.404. The van der Waals surface area contributed by atoms with Crippen molar-refractivity contribution in [1.82, 2.24) is 20.2 Å². The van der Waals surface area contributed by atoms with Gasteiger partial charge in [-0.3, -0.25) is 14.7 Å². The minimum atomic E-state index is -0.833. The molecule has 9 heteroatoms. The van der Waals surface area contributed by atoms with Crippen molar-refractivity contribution in [3.63, 3.8) is 0 Å². The van der Waals surface area contributed by atoms with Gasteiger partial charge in [0.2, 0.25) is 0 Å². The number of nitrogens with two attached hydrogens (primary N) is 2. The molecule has 0 aliphatic heterocycles. The maximum absolute atomic E-state index is 11.7. The van der Waals surface area contributed by atoms with Crippen LogP contribution in [-0.2, 0) is 4.79 Å². The van der Waals surface area contributed by atoms with Gasteiger partial charge in [0.25, 0.3) is 11.9 Å². The first kappa shape index (κ1) is 17.0. The van der Waals surface area contributed by atoms with Gasteiger partial charge in [-0.2, -0.15) is 5.10 Å². The molecule has 132 valence electrons. The van der Waals surface area contributed by atoms with Crippen molar-refractivity contribution in [2.45, 2.75) is 6.92 Å². The number of carboxylic acid groups (broad SMARTS) is 1. The van der Waals surface area contributed by atoms with E-state index in [0.717, 1.165) is 34.3 Å². The van der Waals surface area contributed by atoms with Gasteiger partial charge in [-0.15, -0.1) is 0 Å². The van der Waals surface area contributed by atoms with Crippen molar-refractivity contribution < 1.29 is 14.7 Å². The Morgan fingerprint density at radius 2 is 1.92 bits per heavy atom. The van der Waals surface area contributed by atoms with Gasteiger partial charge in [-0.25, -0.2) is 4.98 Å². The van der Waals surface area contributed by atoms with Crippen molar-refractivity contribution in [3.05, 3.63) is 42.4 Å². The second kappa shape index (κ2) is 6.55. The number of benzene rings is 1. The van der Waals surface area contributed by atoms with Crippen LogP contribution in [0.15, 0.2) is 36.8 Å². The number of hydrogen-bond acceptors (Lipinski definition) is 5. The van der Waals surface area contributed by atoms with Crippen LogP contribution >= 0.6 is 0 Å². The first-order chi connectivity index (χ1) is 12.4. The number of anilines is 1. The van der Waals surface area contributed by atoms with E-state index in [9.17, 15) is 4.79 Å². The molecule has 0 unspecified atom stereocenters. The van der Waals surface area contributed by atoms with E-state index in [4.69, 9.17) is 21.4 Å². The van der Waals surface area contributed by atoms with E-state index in [1.54, 1.807) is 24.5 Å². The third-order valence-corrected chi connectivity index (χ3v) is 3.71. The predicted molar refractivity (Wildman–Crippen MR) is 97.4 cm³/mol. The fourth-order valence-corrected chi connectivity index (χ4v) is 2.68. The SMILES string of the molecule is CC(=O)O.NC(=O)c1cc(-c2c[nH]c3cnc(N)cc23)cc2cn[nH]c12. The second-order valence-corrected chi connectivity index (χ2v) is 5.60. The molecule has 3 aromatic heterocycles. The predicted octanol–water partition coefficient (Wildman–Crippen LogP) is 1.88. The molecule has 7 N–H and O–H groups in total. The van der Waals surface area contributed by atoms with Crippen LogP contribution in [0.5, 0.6) is 0 Å². The zero-order chi connectivity index (χ0) is 18.8. The summed E-state index contributed by atoms with van der Waals surface area (Å²) in [5.74, 6) is -0.898. The number of carbonyl (C=O) groups is 2. The fraction of sp³-hybridized carbons (Fsp3) is 0.0588. The van der Waals surface area contributed by atoms with E-state index in [-0.39, 0.29) is 0 Å². The van der Waals surface area contributed by atoms with E-state index < -0.39 is 11.9 Å². The molecule has 0 aliphatic carbocycles. The first-order valence-corrected chi connectivity index (χ1v) is 7.56. The van der Waals surface area contributed by atoms with Crippen LogP contribution in [0.1, 0.15) is 17.3 Å². The molecule has 0 radical (unpaired) electrons. The Morgan fingerprint density at radius 1 is 1.19 bits per heavy atom. The van der Waals surface area contributed by atoms with Crippen molar-refractivity contribution in [3.8, 4) is 11.1 Å². The van der Waals surface area contributed by atoms with Crippen LogP contribution in [0.3, 0.4) is 0 Å². The Morgan fingerprint density at radius 3 is 2.62 bits per heavy atom. The van der Waals surface area contributed by atoms with Gasteiger partial charge in [0.15, 0.2) is 0 Å². The molecule has 0 bridgehead atoms. The van der Waals surface area contributed by atoms with Gasteiger partial charge in [0, 0.05) is 29.5 Å². The zero-order valence-corrected chi connectivity index (χ0v) is 13.8. The summed E-state index contributed by atoms with van der Waals surface area (Å²) < 4.78 is 0. The molecule has 26 heavy (non-hydrogen) atoms. The number of nitrogens with one attached hydrogen (secondary N) is 2. The molecule has 0 spiro atoms. The molecule has 0 atom stereocenters. The van der Waals surface area contributed by atoms with E-state index in [0.29, 0.717) is 16.9 Å². The lowest BCUT2D eigenvalue weighted by Crippen LogP contribution is -2.11. The van der Waals surface area contributed by atoms with Crippen LogP contribution in [0.4, 0.5) is 5.82 Å². The van der Waals surface area contributed by atoms with Gasteiger partial charge in [-0.05, 0) is 23.8 Å². The zero-order valence-electron chi connectivity index (χ0n) is 13.8. The maximum Gasteiger partial charge on any atom is 0.300 e. The highest BCUT2D eigenvalue weighted by molar-refractivity contribution is 6.08. The summed E-state index contributed by atoms with van der Waals surface area (Å²) in [4.78, 5) is 27.9. The molecule has 0 saturated heterocycles. The maximum atomic E-state index is 11.7. The van der Waals surface area contributed by atoms with Gasteiger partial charge in [0.1, 0.15) is 5.82 Å². The second-order valence-electron chi connectivity index (χ2n) is 5.60. The number of carboxylic acids is 1. The Kier molecular flexibility index (Phi) is 4.27. The number of rotatable bonds is 2. The Balaban J connectivity index is 0.000000447. The van der Waals surface area contributed by atoms with E-state index in [1.807, 2.05) is 12.3 Å². The number of aliphatic carboxylic acids is 1. The lowest BCUT2D eigenvalue weighted by atomic mass is 10.00. The highest BCUT2D eigenvalue weighted by Gasteiger charge is 2.14. The Labute approximate surface area is 147 Å². The number of nitrogen functional groups attached to an aromatic ring is 1. The highest BCUT2D eigenvalue weighted by atomic mass is 16.4. The van der Waals surface area contributed by atoms with Crippen molar-refractivity contribution in [2.24, 2.45) is 5.73 Å². The van der Waals surface area contributed by atoms with Gasteiger partial charge in [0.05, 0.1) is 29.0 Å². The standard InChI is InChI=1S/C15H12N6O.C2H4O2/c16-13-3-9-11(5-18-12(9)6-19-13)7-1-8-4-20-21-14(8)10(2-7)15(17)22;1-2(3)4/h1-6,18H,(H2,16,19)(H2,17,22)(H,20,21);1H3,(H,3,4). The average molecular weight is 352 g/mol. The van der Waals surface area contributed by atoms with Crippen LogP contribution < -0.4 is 11.5 Å². The smallest absolute Gasteiger partial charge is 0.300 e. The summed E-state index contributed by atoms with van der Waals surface area (Å²) in [5.41, 5.74) is 14.9. The Hall–Kier alpha value is -3.88. The minimum Gasteiger partial charge on any atom is -0.481 e. The summed E-state index contributed by atoms with van der Waals surface area (Å²) in [5, 5.41) is 15.9. The molecule has 1 aromatic carbocycles. The molecule has 0 aliphatic rings. The number of nitrogens with zero attached hydrogens (tertiary/aromatic N) is 2. The van der Waals surface area contributed by atoms with Crippen LogP contribution in [0.2, 0.25) is 0 Å². The molecular formula is C17H16N6O3. The highest BCUT2D eigenvalue weighted by Crippen LogP contribution is 2.32. The molecule has 0 fully saturated rings. The molecule has 9 nitrogen and oxygen atoms in total. The average Bonchev–Trinajstić information content (AvgIpc) is 3.18. The number of H-pyrrole nitrogens is 2. The lowest BCUT2D eigenvalue weighted by Gasteiger charge is -2.04. The molecule has 3 heterocycles. The molecular weight excluding hydrogens is 336 g/mol. The number of carbonyl (C=O) groups excluding carboxylic acids is 1. The first-order valence-electron chi connectivity index (χ1n) is 7.56. The largest absolute Gasteiger partial charge is 0.481 e. The summed E-state index contributed by atoms with van der Waals surface area (Å²) in [6.07, 6.45) is 5.20. The summed E-state index contributed by atoms with van der Waals surface area (Å²) in [7, 11) is 0. The molecule has 4 rings (SSSR count). The van der Waals surface area contributed by atoms with Crippen molar-refractivity contribution in [2.75, 3.05) is 5.73 Å². The number of amides is 1. The number of hydrogen-bond donors (Lipinski definition) is 5. The Bertz CT molecular complexity index is 1120. The van der Waals surface area contributed by atoms with Gasteiger partial charge < -0.3 is 21.6 Å². The monoisotopic (exact) mass is 352 g/mol. The lowest BCUT2D eigenvalue weighted by molar-refractivity contribution is -0.134. The number of primary amides is 1. The molecule has 4 aromatic rings. The van der Waals surface area contributed by atoms with E-state index >= 15 is 0 Å². The fourth-order valence-electron chi connectivity index (χ4n) is 2.68. The van der Waals surface area contributed by atoms with Crippen LogP contribution in [-0.4, -0.2) is 37.1 Å². The van der Waals surface area contributed by atoms with Crippen molar-refractivity contribution in [1.29, 1.82) is 0 Å². The van der Waals surface area contributed by atoms with E-state index in [2.05, 4.69) is 20.2 Å². The molecule has 0 saturated carbocycles.